The lowest BCUT2D eigenvalue weighted by Crippen LogP contribution is -2.56. The molecule has 1 fully saturated rings. The smallest absolute Gasteiger partial charge is 0.406 e. The van der Waals surface area contributed by atoms with Crippen molar-refractivity contribution in [2.75, 3.05) is 35.6 Å². The van der Waals surface area contributed by atoms with E-state index in [1.165, 1.54) is 6.07 Å². The maximum absolute atomic E-state index is 12.9. The van der Waals surface area contributed by atoms with Gasteiger partial charge in [0.15, 0.2) is 5.65 Å². The third-order valence-electron chi connectivity index (χ3n) is 5.46. The molecule has 1 aliphatic rings. The zero-order chi connectivity index (χ0) is 24.6. The number of rotatable bonds is 4. The molecule has 2 aromatic heterocycles. The molecular weight excluding hydrogens is 477 g/mol. The Labute approximate surface area is 197 Å². The number of amides is 2. The van der Waals surface area contributed by atoms with Gasteiger partial charge >= 0.3 is 12.4 Å². The van der Waals surface area contributed by atoms with Crippen molar-refractivity contribution in [1.82, 2.24) is 24.5 Å². The SMILES string of the molecule is CC[C@H]1CN(C(=O)Nc2ccc(OC(F)(F)F)cc2Cl)CCN1c1nc(N)nc2c(C)cnn12. The van der Waals surface area contributed by atoms with Crippen LogP contribution in [0, 0.1) is 6.92 Å². The number of aromatic nitrogens is 4. The third kappa shape index (κ3) is 4.88. The van der Waals surface area contributed by atoms with Gasteiger partial charge in [-0.15, -0.1) is 13.2 Å². The molecule has 0 bridgehead atoms. The van der Waals surface area contributed by atoms with Crippen molar-refractivity contribution < 1.29 is 22.7 Å². The number of nitrogens with zero attached hydrogens (tertiary/aromatic N) is 6. The molecule has 3 N–H and O–H groups in total. The maximum atomic E-state index is 12.9. The normalized spacial score (nSPS) is 16.7. The fourth-order valence-electron chi connectivity index (χ4n) is 3.82. The van der Waals surface area contributed by atoms with Gasteiger partial charge in [-0.05, 0) is 25.5 Å². The number of urea groups is 1. The van der Waals surface area contributed by atoms with Gasteiger partial charge in [-0.25, -0.2) is 4.79 Å². The van der Waals surface area contributed by atoms with Crippen LogP contribution in [0.25, 0.3) is 5.65 Å². The van der Waals surface area contributed by atoms with E-state index in [4.69, 9.17) is 17.3 Å². The Hall–Kier alpha value is -3.48. The summed E-state index contributed by atoms with van der Waals surface area (Å²) in [5, 5.41) is 6.93. The van der Waals surface area contributed by atoms with Gasteiger partial charge in [0.1, 0.15) is 5.75 Å². The van der Waals surface area contributed by atoms with E-state index in [-0.39, 0.29) is 22.7 Å². The molecule has 0 spiro atoms. The zero-order valence-corrected chi connectivity index (χ0v) is 19.1. The second-order valence-corrected chi connectivity index (χ2v) is 8.17. The van der Waals surface area contributed by atoms with Crippen molar-refractivity contribution in [2.45, 2.75) is 32.7 Å². The summed E-state index contributed by atoms with van der Waals surface area (Å²) >= 11 is 6.05. The molecule has 34 heavy (non-hydrogen) atoms. The lowest BCUT2D eigenvalue weighted by Gasteiger charge is -2.41. The lowest BCUT2D eigenvalue weighted by molar-refractivity contribution is -0.274. The maximum Gasteiger partial charge on any atom is 0.573 e. The van der Waals surface area contributed by atoms with E-state index in [0.717, 1.165) is 17.7 Å². The minimum Gasteiger partial charge on any atom is -0.406 e. The number of nitrogens with one attached hydrogen (secondary N) is 1. The van der Waals surface area contributed by atoms with Crippen LogP contribution in [0.4, 0.5) is 35.5 Å². The third-order valence-corrected chi connectivity index (χ3v) is 5.77. The lowest BCUT2D eigenvalue weighted by atomic mass is 10.1. The Bertz CT molecular complexity index is 1220. The fourth-order valence-corrected chi connectivity index (χ4v) is 4.03. The van der Waals surface area contributed by atoms with Crippen molar-refractivity contribution in [2.24, 2.45) is 0 Å². The van der Waals surface area contributed by atoms with E-state index in [0.29, 0.717) is 37.7 Å². The van der Waals surface area contributed by atoms with Gasteiger partial charge in [-0.2, -0.15) is 19.6 Å². The number of nitrogens with two attached hydrogens (primary N) is 1. The van der Waals surface area contributed by atoms with Crippen molar-refractivity contribution >= 4 is 40.9 Å². The Kier molecular flexibility index (Phi) is 6.30. The van der Waals surface area contributed by atoms with E-state index in [9.17, 15) is 18.0 Å². The van der Waals surface area contributed by atoms with Gasteiger partial charge in [0.25, 0.3) is 0 Å². The molecule has 2 amide bonds. The molecule has 0 saturated carbocycles. The van der Waals surface area contributed by atoms with Gasteiger partial charge in [0.2, 0.25) is 11.9 Å². The first-order valence-electron chi connectivity index (χ1n) is 10.4. The molecule has 1 aromatic carbocycles. The summed E-state index contributed by atoms with van der Waals surface area (Å²) < 4.78 is 42.7. The summed E-state index contributed by atoms with van der Waals surface area (Å²) in [6.45, 7) is 5.07. The Morgan fingerprint density at radius 1 is 1.32 bits per heavy atom. The highest BCUT2D eigenvalue weighted by Crippen LogP contribution is 2.31. The molecule has 14 heteroatoms. The predicted octanol–water partition coefficient (Wildman–Crippen LogP) is 3.70. The van der Waals surface area contributed by atoms with Crippen LogP contribution in [0.3, 0.4) is 0 Å². The van der Waals surface area contributed by atoms with Gasteiger partial charge < -0.3 is 25.6 Å². The van der Waals surface area contributed by atoms with Crippen LogP contribution in [-0.2, 0) is 0 Å². The van der Waals surface area contributed by atoms with E-state index in [2.05, 4.69) is 25.1 Å². The summed E-state index contributed by atoms with van der Waals surface area (Å²) in [7, 11) is 0. The van der Waals surface area contributed by atoms with Gasteiger partial charge in [-0.3, -0.25) is 0 Å². The van der Waals surface area contributed by atoms with Gasteiger partial charge in [0, 0.05) is 37.3 Å². The van der Waals surface area contributed by atoms with E-state index in [1.54, 1.807) is 15.6 Å². The molecule has 182 valence electrons. The number of aryl methyl sites for hydroxylation is 1. The number of carbonyl (C=O) groups excluding carboxylic acids is 1. The number of benzene rings is 1. The molecule has 4 rings (SSSR count). The number of hydrogen-bond donors (Lipinski definition) is 2. The summed E-state index contributed by atoms with van der Waals surface area (Å²) in [5.41, 5.74) is 7.57. The monoisotopic (exact) mass is 498 g/mol. The standard InChI is InChI=1S/C20H22ClF3N8O2/c1-3-12-10-30(19(33)27-15-5-4-13(8-14(15)21)34-20(22,23)24)6-7-31(12)18-29-17(25)28-16-11(2)9-26-32(16)18/h4-5,8-9,12H,3,6-7,10H2,1-2H3,(H2,25,28)(H,27,33)/t12-/m0/s1. The topological polar surface area (TPSA) is 114 Å². The van der Waals surface area contributed by atoms with Crippen LogP contribution in [0.15, 0.2) is 24.4 Å². The van der Waals surface area contributed by atoms with Gasteiger partial charge in [0.05, 0.1) is 16.9 Å². The number of hydrogen-bond acceptors (Lipinski definition) is 7. The first kappa shape index (κ1) is 23.7. The minimum absolute atomic E-state index is 0.0753. The number of alkyl halides is 3. The average Bonchev–Trinajstić information content (AvgIpc) is 3.14. The summed E-state index contributed by atoms with van der Waals surface area (Å²) in [6.07, 6.45) is -2.44. The quantitative estimate of drug-likeness (QED) is 0.563. The summed E-state index contributed by atoms with van der Waals surface area (Å²) in [4.78, 5) is 25.2. The van der Waals surface area contributed by atoms with Crippen molar-refractivity contribution in [3.63, 3.8) is 0 Å². The van der Waals surface area contributed by atoms with E-state index in [1.807, 2.05) is 18.7 Å². The highest BCUT2D eigenvalue weighted by Gasteiger charge is 2.33. The Balaban J connectivity index is 1.48. The van der Waals surface area contributed by atoms with E-state index < -0.39 is 18.1 Å². The molecule has 1 aliphatic heterocycles. The highest BCUT2D eigenvalue weighted by molar-refractivity contribution is 6.33. The second-order valence-electron chi connectivity index (χ2n) is 7.77. The van der Waals surface area contributed by atoms with E-state index >= 15 is 0 Å². The van der Waals surface area contributed by atoms with Crippen LogP contribution in [0.2, 0.25) is 5.02 Å². The van der Waals surface area contributed by atoms with Crippen molar-refractivity contribution in [1.29, 1.82) is 0 Å². The summed E-state index contributed by atoms with van der Waals surface area (Å²) in [5.74, 6) is 0.207. The summed E-state index contributed by atoms with van der Waals surface area (Å²) in [6, 6.07) is 2.83. The van der Waals surface area contributed by atoms with Crippen molar-refractivity contribution in [3.8, 4) is 5.75 Å². The molecule has 3 heterocycles. The molecule has 0 aliphatic carbocycles. The van der Waals surface area contributed by atoms with Crippen LogP contribution in [0.5, 0.6) is 5.75 Å². The van der Waals surface area contributed by atoms with Crippen molar-refractivity contribution in [3.05, 3.63) is 35.0 Å². The fraction of sp³-hybridized carbons (Fsp3) is 0.400. The van der Waals surface area contributed by atoms with Crippen LogP contribution in [0.1, 0.15) is 18.9 Å². The number of piperazine rings is 1. The molecule has 3 aromatic rings. The largest absolute Gasteiger partial charge is 0.573 e. The Morgan fingerprint density at radius 2 is 2.09 bits per heavy atom. The van der Waals surface area contributed by atoms with Crippen LogP contribution in [-0.4, -0.2) is 62.6 Å². The number of carbonyl (C=O) groups is 1. The number of nitrogen functional groups attached to an aromatic ring is 1. The molecular formula is C20H22ClF3N8O2. The molecule has 1 atom stereocenters. The molecule has 0 radical (unpaired) electrons. The second kappa shape index (κ2) is 9.05. The van der Waals surface area contributed by atoms with Crippen LogP contribution >= 0.6 is 11.6 Å². The zero-order valence-electron chi connectivity index (χ0n) is 18.3. The first-order valence-corrected chi connectivity index (χ1v) is 10.8. The number of ether oxygens (including phenoxy) is 1. The van der Waals surface area contributed by atoms with Gasteiger partial charge in [-0.1, -0.05) is 18.5 Å². The number of halogens is 4. The number of fused-ring (bicyclic) bond motifs is 1. The highest BCUT2D eigenvalue weighted by atomic mass is 35.5. The van der Waals surface area contributed by atoms with Crippen LogP contribution < -0.4 is 20.7 Å². The Morgan fingerprint density at radius 3 is 2.76 bits per heavy atom. The first-order chi connectivity index (χ1) is 16.1. The minimum atomic E-state index is -4.84. The average molecular weight is 499 g/mol. The molecule has 10 nitrogen and oxygen atoms in total. The molecule has 1 saturated heterocycles. The molecule has 0 unspecified atom stereocenters. The predicted molar refractivity (Wildman–Crippen MR) is 120 cm³/mol. The number of anilines is 3.